The van der Waals surface area contributed by atoms with Crippen molar-refractivity contribution in [1.82, 2.24) is 4.42 Å². The second kappa shape index (κ2) is 5.10. The number of rotatable bonds is 3. The van der Waals surface area contributed by atoms with Crippen LogP contribution in [0, 0.1) is 0 Å². The van der Waals surface area contributed by atoms with E-state index < -0.39 is 8.32 Å². The highest BCUT2D eigenvalue weighted by Gasteiger charge is 2.26. The summed E-state index contributed by atoms with van der Waals surface area (Å²) in [6.07, 6.45) is 0.990. The fourth-order valence-corrected chi connectivity index (χ4v) is 2.99. The molecule has 1 aliphatic rings. The van der Waals surface area contributed by atoms with E-state index in [1.54, 1.807) is 0 Å². The smallest absolute Gasteiger partial charge is 0.183 e. The van der Waals surface area contributed by atoms with Crippen molar-refractivity contribution in [2.45, 2.75) is 38.6 Å². The van der Waals surface area contributed by atoms with Gasteiger partial charge in [-0.3, -0.25) is 0 Å². The third-order valence-electron chi connectivity index (χ3n) is 3.00. The zero-order valence-corrected chi connectivity index (χ0v) is 12.5. The fraction of sp³-hybridized carbons (Fsp3) is 0.538. The van der Waals surface area contributed by atoms with Crippen molar-refractivity contribution < 1.29 is 4.43 Å². The van der Waals surface area contributed by atoms with Crippen LogP contribution < -0.4 is 0 Å². The molecule has 0 aliphatic carbocycles. The van der Waals surface area contributed by atoms with Crippen molar-refractivity contribution >= 4 is 20.1 Å². The minimum absolute atomic E-state index is 0.304. The van der Waals surface area contributed by atoms with Gasteiger partial charge in [-0.15, -0.1) is 0 Å². The Kier molecular flexibility index (Phi) is 3.93. The van der Waals surface area contributed by atoms with Gasteiger partial charge < -0.3 is 4.43 Å². The van der Waals surface area contributed by atoms with Crippen LogP contribution in [0.5, 0.6) is 0 Å². The maximum absolute atomic E-state index is 6.31. The molecule has 0 saturated carbocycles. The second-order valence-electron chi connectivity index (χ2n) is 5.61. The summed E-state index contributed by atoms with van der Waals surface area (Å²) in [4.78, 5) is 0. The monoisotopic (exact) mass is 269 g/mol. The molecule has 1 aromatic rings. The van der Waals surface area contributed by atoms with Crippen molar-refractivity contribution in [3.8, 4) is 0 Å². The third kappa shape index (κ3) is 3.55. The highest BCUT2D eigenvalue weighted by Crippen LogP contribution is 2.25. The molecule has 0 N–H and O–H groups in total. The zero-order valence-electron chi connectivity index (χ0n) is 10.7. The summed E-state index contributed by atoms with van der Waals surface area (Å²) in [7, 11) is -1.45. The van der Waals surface area contributed by atoms with Gasteiger partial charge in [-0.05, 0) is 49.0 Å². The molecule has 2 rings (SSSR count). The van der Waals surface area contributed by atoms with E-state index in [4.69, 9.17) is 16.2 Å². The van der Waals surface area contributed by atoms with Crippen molar-refractivity contribution in [3.05, 3.63) is 35.4 Å². The van der Waals surface area contributed by atoms with E-state index in [9.17, 15) is 0 Å². The predicted octanol–water partition coefficient (Wildman–Crippen LogP) is 3.42. The van der Waals surface area contributed by atoms with Crippen molar-refractivity contribution in [2.75, 3.05) is 6.61 Å². The molecule has 0 saturated heterocycles. The Morgan fingerprint density at radius 2 is 1.94 bits per heavy atom. The molecule has 0 aromatic heterocycles. The molecule has 0 radical (unpaired) electrons. The largest absolute Gasteiger partial charge is 0.416 e. The molecule has 17 heavy (non-hydrogen) atoms. The van der Waals surface area contributed by atoms with Crippen LogP contribution in [0.3, 0.4) is 0 Å². The summed E-state index contributed by atoms with van der Waals surface area (Å²) in [5, 5.41) is 0. The zero-order chi connectivity index (χ0) is 12.5. The first-order valence-electron chi connectivity index (χ1n) is 6.09. The highest BCUT2D eigenvalue weighted by atomic mass is 35.5. The Balaban J connectivity index is 2.02. The van der Waals surface area contributed by atoms with E-state index >= 15 is 0 Å². The van der Waals surface area contributed by atoms with Crippen LogP contribution in [0.25, 0.3) is 0 Å². The molecule has 0 unspecified atom stereocenters. The SMILES string of the molecule is C[Si](C)(C)OC[C@@H]1Cc2ccccc2CN1Cl. The minimum Gasteiger partial charge on any atom is -0.416 e. The Labute approximate surface area is 110 Å². The van der Waals surface area contributed by atoms with Gasteiger partial charge in [0, 0.05) is 6.54 Å². The number of fused-ring (bicyclic) bond motifs is 1. The van der Waals surface area contributed by atoms with E-state index in [1.807, 2.05) is 4.42 Å². The molecular formula is C13H20ClNOSi. The van der Waals surface area contributed by atoms with Crippen molar-refractivity contribution in [1.29, 1.82) is 0 Å². The molecule has 4 heteroatoms. The summed E-state index contributed by atoms with van der Waals surface area (Å²) in [6.45, 7) is 8.19. The van der Waals surface area contributed by atoms with E-state index in [1.165, 1.54) is 11.1 Å². The molecule has 0 spiro atoms. The van der Waals surface area contributed by atoms with E-state index in [0.717, 1.165) is 19.6 Å². The Morgan fingerprint density at radius 1 is 1.29 bits per heavy atom. The third-order valence-corrected chi connectivity index (χ3v) is 4.43. The first-order valence-corrected chi connectivity index (χ1v) is 9.83. The van der Waals surface area contributed by atoms with Gasteiger partial charge in [0.05, 0.1) is 12.6 Å². The summed E-state index contributed by atoms with van der Waals surface area (Å²) in [5.74, 6) is 0. The van der Waals surface area contributed by atoms with Gasteiger partial charge >= 0.3 is 0 Å². The first-order chi connectivity index (χ1) is 7.96. The maximum Gasteiger partial charge on any atom is 0.183 e. The quantitative estimate of drug-likeness (QED) is 0.616. The molecule has 2 nitrogen and oxygen atoms in total. The van der Waals surface area contributed by atoms with Crippen LogP contribution in [-0.2, 0) is 17.4 Å². The van der Waals surface area contributed by atoms with Crippen LogP contribution in [0.2, 0.25) is 19.6 Å². The Morgan fingerprint density at radius 3 is 2.59 bits per heavy atom. The van der Waals surface area contributed by atoms with E-state index in [-0.39, 0.29) is 0 Å². The van der Waals surface area contributed by atoms with Crippen LogP contribution >= 0.6 is 11.8 Å². The summed E-state index contributed by atoms with van der Waals surface area (Å²) in [5.41, 5.74) is 2.75. The number of benzene rings is 1. The highest BCUT2D eigenvalue weighted by molar-refractivity contribution is 6.69. The molecular weight excluding hydrogens is 250 g/mol. The summed E-state index contributed by atoms with van der Waals surface area (Å²) < 4.78 is 7.86. The summed E-state index contributed by atoms with van der Waals surface area (Å²) >= 11 is 6.31. The lowest BCUT2D eigenvalue weighted by Crippen LogP contribution is -2.40. The lowest BCUT2D eigenvalue weighted by atomic mass is 9.96. The predicted molar refractivity (Wildman–Crippen MR) is 74.6 cm³/mol. The average Bonchev–Trinajstić information content (AvgIpc) is 2.25. The first kappa shape index (κ1) is 13.1. The summed E-state index contributed by atoms with van der Waals surface area (Å²) in [6, 6.07) is 8.82. The number of nitrogens with zero attached hydrogens (tertiary/aromatic N) is 1. The van der Waals surface area contributed by atoms with Gasteiger partial charge in [0.25, 0.3) is 0 Å². The lowest BCUT2D eigenvalue weighted by molar-refractivity contribution is 0.189. The van der Waals surface area contributed by atoms with Gasteiger partial charge in [-0.25, -0.2) is 4.42 Å². The second-order valence-corrected chi connectivity index (χ2v) is 10.6. The molecule has 94 valence electrons. The minimum atomic E-state index is -1.45. The Hall–Kier alpha value is -0.353. The molecule has 0 amide bonds. The average molecular weight is 270 g/mol. The topological polar surface area (TPSA) is 12.5 Å². The standard InChI is InChI=1S/C13H20ClNOSi/c1-17(2,3)16-10-13-8-11-6-4-5-7-12(11)9-15(13)14/h4-7,13H,8-10H2,1-3H3/t13-/m0/s1. The van der Waals surface area contributed by atoms with Crippen molar-refractivity contribution in [2.24, 2.45) is 0 Å². The van der Waals surface area contributed by atoms with Gasteiger partial charge in [0.1, 0.15) is 0 Å². The van der Waals surface area contributed by atoms with E-state index in [0.29, 0.717) is 6.04 Å². The van der Waals surface area contributed by atoms with E-state index in [2.05, 4.69) is 43.9 Å². The van der Waals surface area contributed by atoms with Gasteiger partial charge in [-0.1, -0.05) is 24.3 Å². The van der Waals surface area contributed by atoms with Gasteiger partial charge in [-0.2, -0.15) is 0 Å². The number of hydrogen-bond donors (Lipinski definition) is 0. The molecule has 0 fully saturated rings. The van der Waals surface area contributed by atoms with Gasteiger partial charge in [0.2, 0.25) is 0 Å². The van der Waals surface area contributed by atoms with Crippen molar-refractivity contribution in [3.63, 3.8) is 0 Å². The molecule has 1 aliphatic heterocycles. The molecule has 1 atom stereocenters. The van der Waals surface area contributed by atoms with Gasteiger partial charge in [0.15, 0.2) is 8.32 Å². The number of hydrogen-bond acceptors (Lipinski definition) is 2. The lowest BCUT2D eigenvalue weighted by Gasteiger charge is -2.33. The fourth-order valence-electron chi connectivity index (χ4n) is 2.04. The normalized spacial score (nSPS) is 21.3. The van der Waals surface area contributed by atoms with Crippen LogP contribution in [-0.4, -0.2) is 25.4 Å². The maximum atomic E-state index is 6.31. The molecule has 1 aromatic carbocycles. The molecule has 0 bridgehead atoms. The van der Waals surface area contributed by atoms with Crippen LogP contribution in [0.1, 0.15) is 11.1 Å². The number of halogens is 1. The van der Waals surface area contributed by atoms with Crippen LogP contribution in [0.4, 0.5) is 0 Å². The Bertz CT molecular complexity index is 391. The molecule has 1 heterocycles. The van der Waals surface area contributed by atoms with Crippen LogP contribution in [0.15, 0.2) is 24.3 Å².